The van der Waals surface area contributed by atoms with Gasteiger partial charge < -0.3 is 14.8 Å². The van der Waals surface area contributed by atoms with Gasteiger partial charge in [0, 0.05) is 13.2 Å². The first-order valence-corrected chi connectivity index (χ1v) is 5.47. The monoisotopic (exact) mass is 223 g/mol. The molecule has 1 N–H and O–H groups in total. The Morgan fingerprint density at radius 2 is 2.27 bits per heavy atom. The van der Waals surface area contributed by atoms with Crippen LogP contribution in [0.25, 0.3) is 0 Å². The zero-order valence-corrected chi connectivity index (χ0v) is 8.88. The molecule has 90 valence electrons. The minimum atomic E-state index is -2.36. The molecule has 5 heteroatoms. The lowest BCUT2D eigenvalue weighted by molar-refractivity contribution is 0.0185. The summed E-state index contributed by atoms with van der Waals surface area (Å²) in [4.78, 5) is 0. The summed E-state index contributed by atoms with van der Waals surface area (Å²) in [6, 6.07) is 0. The lowest BCUT2D eigenvalue weighted by atomic mass is 10.2. The molecule has 1 aliphatic heterocycles. The molecule has 1 atom stereocenters. The van der Waals surface area contributed by atoms with Crippen molar-refractivity contribution < 1.29 is 18.3 Å². The van der Waals surface area contributed by atoms with Gasteiger partial charge in [0.05, 0.1) is 12.7 Å². The van der Waals surface area contributed by atoms with Gasteiger partial charge >= 0.3 is 0 Å². The number of rotatable bonds is 8. The van der Waals surface area contributed by atoms with Crippen LogP contribution in [-0.2, 0) is 9.47 Å². The van der Waals surface area contributed by atoms with Gasteiger partial charge in [-0.25, -0.2) is 8.78 Å². The van der Waals surface area contributed by atoms with Crippen LogP contribution >= 0.6 is 0 Å². The highest BCUT2D eigenvalue weighted by molar-refractivity contribution is 4.65. The van der Waals surface area contributed by atoms with Crippen LogP contribution in [0.2, 0.25) is 0 Å². The van der Waals surface area contributed by atoms with E-state index in [9.17, 15) is 8.78 Å². The SMILES string of the molecule is FC(F)COCCNCCC1CCCO1. The van der Waals surface area contributed by atoms with Crippen molar-refractivity contribution in [2.75, 3.05) is 32.9 Å². The molecule has 1 rings (SSSR count). The van der Waals surface area contributed by atoms with E-state index >= 15 is 0 Å². The summed E-state index contributed by atoms with van der Waals surface area (Å²) >= 11 is 0. The Kier molecular flexibility index (Phi) is 6.80. The molecule has 0 aromatic heterocycles. The van der Waals surface area contributed by atoms with Crippen LogP contribution in [0, 0.1) is 0 Å². The van der Waals surface area contributed by atoms with E-state index in [-0.39, 0.29) is 0 Å². The lowest BCUT2D eigenvalue weighted by Crippen LogP contribution is -2.24. The fourth-order valence-corrected chi connectivity index (χ4v) is 1.58. The summed E-state index contributed by atoms with van der Waals surface area (Å²) in [5.41, 5.74) is 0. The van der Waals surface area contributed by atoms with E-state index in [0.29, 0.717) is 19.3 Å². The third-order valence-corrected chi connectivity index (χ3v) is 2.33. The van der Waals surface area contributed by atoms with Crippen LogP contribution < -0.4 is 5.32 Å². The number of halogens is 2. The Labute approximate surface area is 89.1 Å². The molecule has 0 aliphatic carbocycles. The zero-order valence-electron chi connectivity index (χ0n) is 8.88. The van der Waals surface area contributed by atoms with E-state index in [1.807, 2.05) is 0 Å². The third kappa shape index (κ3) is 6.76. The zero-order chi connectivity index (χ0) is 10.9. The van der Waals surface area contributed by atoms with E-state index < -0.39 is 13.0 Å². The highest BCUT2D eigenvalue weighted by atomic mass is 19.3. The van der Waals surface area contributed by atoms with Gasteiger partial charge in [-0.05, 0) is 25.8 Å². The van der Waals surface area contributed by atoms with Gasteiger partial charge in [0.2, 0.25) is 0 Å². The van der Waals surface area contributed by atoms with Gasteiger partial charge in [0.1, 0.15) is 6.61 Å². The molecule has 1 saturated heterocycles. The van der Waals surface area contributed by atoms with E-state index in [1.54, 1.807) is 0 Å². The molecule has 0 saturated carbocycles. The number of hydrogen-bond acceptors (Lipinski definition) is 3. The normalized spacial score (nSPS) is 21.4. The van der Waals surface area contributed by atoms with Crippen LogP contribution in [0.4, 0.5) is 8.78 Å². The van der Waals surface area contributed by atoms with E-state index in [4.69, 9.17) is 9.47 Å². The summed E-state index contributed by atoms with van der Waals surface area (Å²) in [5.74, 6) is 0. The Balaban J connectivity index is 1.76. The second-order valence-electron chi connectivity index (χ2n) is 3.64. The van der Waals surface area contributed by atoms with Crippen molar-refractivity contribution in [2.24, 2.45) is 0 Å². The van der Waals surface area contributed by atoms with Crippen molar-refractivity contribution in [3.63, 3.8) is 0 Å². The van der Waals surface area contributed by atoms with Gasteiger partial charge in [-0.3, -0.25) is 0 Å². The minimum Gasteiger partial charge on any atom is -0.378 e. The highest BCUT2D eigenvalue weighted by Gasteiger charge is 2.14. The molecule has 0 amide bonds. The molecular weight excluding hydrogens is 204 g/mol. The second kappa shape index (κ2) is 7.96. The maximum Gasteiger partial charge on any atom is 0.261 e. The average Bonchev–Trinajstić information content (AvgIpc) is 2.68. The van der Waals surface area contributed by atoms with Crippen LogP contribution in [0.15, 0.2) is 0 Å². The fourth-order valence-electron chi connectivity index (χ4n) is 1.58. The summed E-state index contributed by atoms with van der Waals surface area (Å²) in [5, 5.41) is 3.14. The van der Waals surface area contributed by atoms with Crippen molar-refractivity contribution in [2.45, 2.75) is 31.8 Å². The molecule has 0 aromatic rings. The summed E-state index contributed by atoms with van der Waals surface area (Å²) < 4.78 is 33.5. The largest absolute Gasteiger partial charge is 0.378 e. The van der Waals surface area contributed by atoms with Crippen molar-refractivity contribution in [3.05, 3.63) is 0 Å². The topological polar surface area (TPSA) is 30.5 Å². The number of nitrogens with one attached hydrogen (secondary N) is 1. The Morgan fingerprint density at radius 1 is 1.40 bits per heavy atom. The standard InChI is InChI=1S/C10H19F2NO2/c11-10(12)8-14-7-5-13-4-3-9-2-1-6-15-9/h9-10,13H,1-8H2. The quantitative estimate of drug-likeness (QED) is 0.631. The smallest absolute Gasteiger partial charge is 0.261 e. The predicted octanol–water partition coefficient (Wildman–Crippen LogP) is 1.43. The molecular formula is C10H19F2NO2. The number of ether oxygens (including phenoxy) is 2. The fraction of sp³-hybridized carbons (Fsp3) is 1.00. The predicted molar refractivity (Wildman–Crippen MR) is 53.3 cm³/mol. The van der Waals surface area contributed by atoms with Gasteiger partial charge in [-0.15, -0.1) is 0 Å². The summed E-state index contributed by atoms with van der Waals surface area (Å²) in [7, 11) is 0. The molecule has 1 unspecified atom stereocenters. The van der Waals surface area contributed by atoms with Crippen LogP contribution in [0.5, 0.6) is 0 Å². The first-order valence-electron chi connectivity index (χ1n) is 5.47. The van der Waals surface area contributed by atoms with Crippen LogP contribution in [0.3, 0.4) is 0 Å². The molecule has 15 heavy (non-hydrogen) atoms. The number of alkyl halides is 2. The first-order chi connectivity index (χ1) is 7.29. The van der Waals surface area contributed by atoms with Gasteiger partial charge in [-0.2, -0.15) is 0 Å². The minimum absolute atomic E-state index is 0.343. The molecule has 1 heterocycles. The first kappa shape index (κ1) is 12.8. The van der Waals surface area contributed by atoms with Crippen molar-refractivity contribution in [1.82, 2.24) is 5.32 Å². The van der Waals surface area contributed by atoms with Gasteiger partial charge in [0.25, 0.3) is 6.43 Å². The molecule has 1 fully saturated rings. The van der Waals surface area contributed by atoms with Crippen LogP contribution in [-0.4, -0.2) is 45.4 Å². The average molecular weight is 223 g/mol. The summed E-state index contributed by atoms with van der Waals surface area (Å²) in [6.45, 7) is 2.24. The molecule has 0 bridgehead atoms. The maximum absolute atomic E-state index is 11.7. The molecule has 3 nitrogen and oxygen atoms in total. The van der Waals surface area contributed by atoms with E-state index in [1.165, 1.54) is 0 Å². The third-order valence-electron chi connectivity index (χ3n) is 2.33. The number of hydrogen-bond donors (Lipinski definition) is 1. The maximum atomic E-state index is 11.7. The lowest BCUT2D eigenvalue weighted by Gasteiger charge is -2.10. The molecule has 0 spiro atoms. The van der Waals surface area contributed by atoms with E-state index in [0.717, 1.165) is 32.4 Å². The molecule has 0 aromatic carbocycles. The summed E-state index contributed by atoms with van der Waals surface area (Å²) in [6.07, 6.45) is 1.32. The van der Waals surface area contributed by atoms with Crippen molar-refractivity contribution in [3.8, 4) is 0 Å². The highest BCUT2D eigenvalue weighted by Crippen LogP contribution is 2.14. The van der Waals surface area contributed by atoms with Crippen LogP contribution in [0.1, 0.15) is 19.3 Å². The second-order valence-corrected chi connectivity index (χ2v) is 3.64. The molecule has 1 aliphatic rings. The van der Waals surface area contributed by atoms with Crippen molar-refractivity contribution in [1.29, 1.82) is 0 Å². The molecule has 0 radical (unpaired) electrons. The van der Waals surface area contributed by atoms with E-state index in [2.05, 4.69) is 5.32 Å². The van der Waals surface area contributed by atoms with Gasteiger partial charge in [0.15, 0.2) is 0 Å². The Bertz CT molecular complexity index is 152. The Morgan fingerprint density at radius 3 is 2.93 bits per heavy atom. The Hall–Kier alpha value is -0.260. The van der Waals surface area contributed by atoms with Gasteiger partial charge in [-0.1, -0.05) is 0 Å². The van der Waals surface area contributed by atoms with Crippen molar-refractivity contribution >= 4 is 0 Å².